The van der Waals surface area contributed by atoms with Gasteiger partial charge in [0.05, 0.1) is 12.2 Å². The Morgan fingerprint density at radius 3 is 2.77 bits per heavy atom. The molecule has 3 atom stereocenters. The summed E-state index contributed by atoms with van der Waals surface area (Å²) in [4.78, 5) is 22.7. The van der Waals surface area contributed by atoms with Gasteiger partial charge in [-0.3, -0.25) is 0 Å². The van der Waals surface area contributed by atoms with E-state index in [9.17, 15) is 14.7 Å². The summed E-state index contributed by atoms with van der Waals surface area (Å²) in [5, 5.41) is 10.5. The van der Waals surface area contributed by atoms with Gasteiger partial charge in [-0.05, 0) is 50.9 Å². The van der Waals surface area contributed by atoms with Crippen LogP contribution in [0.4, 0.5) is 0 Å². The van der Waals surface area contributed by atoms with Gasteiger partial charge in [-0.2, -0.15) is 0 Å². The van der Waals surface area contributed by atoms with Gasteiger partial charge in [0.15, 0.2) is 6.61 Å². The number of carbonyl (C=O) groups excluding carboxylic acids is 2. The largest absolute Gasteiger partial charge is 0.463 e. The van der Waals surface area contributed by atoms with Gasteiger partial charge in [-0.25, -0.2) is 9.59 Å². The maximum absolute atomic E-state index is 11.5. The number of ether oxygens (including phenoxy) is 2. The highest BCUT2D eigenvalue weighted by molar-refractivity contribution is 5.88. The average Bonchev–Trinajstić information content (AvgIpc) is 2.43. The molecule has 0 aromatic heterocycles. The number of carbonyl (C=O) groups is 2. The lowest BCUT2D eigenvalue weighted by Gasteiger charge is -2.45. The number of hydrogen-bond donors (Lipinski definition) is 1. The molecule has 0 aromatic carbocycles. The molecule has 0 amide bonds. The fourth-order valence-electron chi connectivity index (χ4n) is 3.79. The molecule has 0 radical (unpaired) electrons. The van der Waals surface area contributed by atoms with Gasteiger partial charge in [-0.15, -0.1) is 0 Å². The van der Waals surface area contributed by atoms with E-state index in [1.54, 1.807) is 0 Å². The van der Waals surface area contributed by atoms with Crippen LogP contribution in [0.25, 0.3) is 0 Å². The van der Waals surface area contributed by atoms with E-state index in [-0.39, 0.29) is 12.2 Å². The quantitative estimate of drug-likeness (QED) is 0.602. The molecule has 0 heterocycles. The number of fused-ring (bicyclic) bond motifs is 2. The van der Waals surface area contributed by atoms with Crippen LogP contribution >= 0.6 is 0 Å². The third kappa shape index (κ3) is 4.83. The molecule has 2 saturated carbocycles. The Balaban J connectivity index is 1.65. The van der Waals surface area contributed by atoms with Crippen molar-refractivity contribution in [2.24, 2.45) is 11.8 Å². The first-order valence-corrected chi connectivity index (χ1v) is 8.08. The molecule has 2 aliphatic rings. The smallest absolute Gasteiger partial charge is 0.344 e. The fraction of sp³-hybridized carbons (Fsp3) is 0.765. The average molecular weight is 310 g/mol. The molecule has 2 rings (SSSR count). The van der Waals surface area contributed by atoms with Crippen LogP contribution in [0.3, 0.4) is 0 Å². The summed E-state index contributed by atoms with van der Waals surface area (Å²) in [5.41, 5.74) is -0.234. The Morgan fingerprint density at radius 2 is 2.09 bits per heavy atom. The zero-order valence-corrected chi connectivity index (χ0v) is 13.3. The minimum absolute atomic E-state index is 0.259. The van der Waals surface area contributed by atoms with Gasteiger partial charge in [-0.1, -0.05) is 19.4 Å². The molecule has 22 heavy (non-hydrogen) atoms. The molecule has 5 nitrogen and oxygen atoms in total. The second kappa shape index (κ2) is 7.27. The summed E-state index contributed by atoms with van der Waals surface area (Å²) >= 11 is 0. The van der Waals surface area contributed by atoms with Gasteiger partial charge in [0.1, 0.15) is 0 Å². The van der Waals surface area contributed by atoms with Gasteiger partial charge in [0, 0.05) is 5.57 Å². The summed E-state index contributed by atoms with van der Waals surface area (Å²) in [6.07, 6.45) is 6.85. The number of aliphatic hydroxyl groups is 1. The standard InChI is InChI=1S/C17H26O5/c1-12(2)16(19)22-11-15(18)21-7-5-14-8-13-4-3-6-17(20,9-13)10-14/h13-14,20H,1,3-11H2,2H3. The van der Waals surface area contributed by atoms with Crippen molar-refractivity contribution >= 4 is 11.9 Å². The normalized spacial score (nSPS) is 30.5. The first kappa shape index (κ1) is 17.0. The van der Waals surface area contributed by atoms with E-state index in [4.69, 9.17) is 9.47 Å². The van der Waals surface area contributed by atoms with E-state index in [2.05, 4.69) is 6.58 Å². The van der Waals surface area contributed by atoms with E-state index in [1.165, 1.54) is 13.3 Å². The Morgan fingerprint density at radius 1 is 1.32 bits per heavy atom. The number of hydrogen-bond acceptors (Lipinski definition) is 5. The monoisotopic (exact) mass is 310 g/mol. The Kier molecular flexibility index (Phi) is 5.62. The van der Waals surface area contributed by atoms with E-state index in [1.807, 2.05) is 0 Å². The van der Waals surface area contributed by atoms with Crippen LogP contribution in [0.5, 0.6) is 0 Å². The molecule has 2 bridgehead atoms. The molecule has 3 unspecified atom stereocenters. The van der Waals surface area contributed by atoms with Gasteiger partial charge >= 0.3 is 11.9 Å². The summed E-state index contributed by atoms with van der Waals surface area (Å²) in [5.74, 6) is -0.0943. The lowest BCUT2D eigenvalue weighted by molar-refractivity contribution is -0.157. The lowest BCUT2D eigenvalue weighted by atomic mass is 9.65. The minimum Gasteiger partial charge on any atom is -0.463 e. The third-order valence-electron chi connectivity index (χ3n) is 4.72. The predicted octanol–water partition coefficient (Wildman–Crippen LogP) is 2.37. The van der Waals surface area contributed by atoms with Crippen molar-refractivity contribution in [1.82, 2.24) is 0 Å². The van der Waals surface area contributed by atoms with Crippen LogP contribution in [-0.2, 0) is 19.1 Å². The zero-order valence-electron chi connectivity index (χ0n) is 13.3. The SMILES string of the molecule is C=C(C)C(=O)OCC(=O)OCCC1CC2CCCC(O)(C2)C1. The highest BCUT2D eigenvalue weighted by Gasteiger charge is 2.41. The Hall–Kier alpha value is -1.36. The third-order valence-corrected chi connectivity index (χ3v) is 4.72. The maximum atomic E-state index is 11.5. The molecule has 1 N–H and O–H groups in total. The van der Waals surface area contributed by atoms with Crippen molar-refractivity contribution in [2.45, 2.75) is 57.5 Å². The van der Waals surface area contributed by atoms with Crippen LogP contribution in [0.1, 0.15) is 51.9 Å². The fourth-order valence-corrected chi connectivity index (χ4v) is 3.79. The number of esters is 2. The van der Waals surface area contributed by atoms with E-state index in [0.717, 1.165) is 38.5 Å². The predicted molar refractivity (Wildman–Crippen MR) is 81.0 cm³/mol. The van der Waals surface area contributed by atoms with Crippen molar-refractivity contribution in [2.75, 3.05) is 13.2 Å². The summed E-state index contributed by atoms with van der Waals surface area (Å²) in [6, 6.07) is 0. The van der Waals surface area contributed by atoms with Crippen molar-refractivity contribution in [3.63, 3.8) is 0 Å². The summed E-state index contributed by atoms with van der Waals surface area (Å²) in [6.45, 7) is 4.91. The summed E-state index contributed by atoms with van der Waals surface area (Å²) in [7, 11) is 0. The molecule has 0 saturated heterocycles. The minimum atomic E-state index is -0.584. The molecule has 124 valence electrons. The molecule has 0 spiro atoms. The first-order valence-electron chi connectivity index (χ1n) is 8.08. The van der Waals surface area contributed by atoms with E-state index in [0.29, 0.717) is 18.4 Å². The Labute approximate surface area is 131 Å². The molecule has 2 aliphatic carbocycles. The van der Waals surface area contributed by atoms with Crippen molar-refractivity contribution in [3.8, 4) is 0 Å². The molecule has 0 aliphatic heterocycles. The van der Waals surface area contributed by atoms with Gasteiger partial charge in [0.25, 0.3) is 0 Å². The van der Waals surface area contributed by atoms with Gasteiger partial charge in [0.2, 0.25) is 0 Å². The van der Waals surface area contributed by atoms with Crippen molar-refractivity contribution in [1.29, 1.82) is 0 Å². The molecule has 2 fully saturated rings. The maximum Gasteiger partial charge on any atom is 0.344 e. The van der Waals surface area contributed by atoms with Crippen molar-refractivity contribution in [3.05, 3.63) is 12.2 Å². The van der Waals surface area contributed by atoms with Crippen LogP contribution in [-0.4, -0.2) is 35.9 Å². The molecular weight excluding hydrogens is 284 g/mol. The van der Waals surface area contributed by atoms with Gasteiger partial charge < -0.3 is 14.6 Å². The van der Waals surface area contributed by atoms with Crippen LogP contribution in [0, 0.1) is 11.8 Å². The second-order valence-corrected chi connectivity index (χ2v) is 6.86. The van der Waals surface area contributed by atoms with Crippen molar-refractivity contribution < 1.29 is 24.2 Å². The summed E-state index contributed by atoms with van der Waals surface area (Å²) < 4.78 is 9.83. The topological polar surface area (TPSA) is 72.8 Å². The first-order chi connectivity index (χ1) is 10.4. The Bertz CT molecular complexity index is 444. The zero-order chi connectivity index (χ0) is 16.2. The molecular formula is C17H26O5. The van der Waals surface area contributed by atoms with E-state index >= 15 is 0 Å². The van der Waals surface area contributed by atoms with E-state index < -0.39 is 17.5 Å². The van der Waals surface area contributed by atoms with Crippen LogP contribution < -0.4 is 0 Å². The highest BCUT2D eigenvalue weighted by Crippen LogP contribution is 2.46. The number of rotatable bonds is 6. The van der Waals surface area contributed by atoms with Crippen LogP contribution in [0.15, 0.2) is 12.2 Å². The highest BCUT2D eigenvalue weighted by atomic mass is 16.6. The lowest BCUT2D eigenvalue weighted by Crippen LogP contribution is -2.42. The second-order valence-electron chi connectivity index (χ2n) is 6.86. The molecule has 0 aromatic rings. The molecule has 5 heteroatoms. The van der Waals surface area contributed by atoms with Crippen LogP contribution in [0.2, 0.25) is 0 Å².